The Balaban J connectivity index is 1.41. The van der Waals surface area contributed by atoms with Gasteiger partial charge in [-0.25, -0.2) is 22.5 Å². The predicted octanol–water partition coefficient (Wildman–Crippen LogP) is 2.72. The Kier molecular flexibility index (Phi) is 5.76. The maximum atomic E-state index is 14.2. The third kappa shape index (κ3) is 4.63. The summed E-state index contributed by atoms with van der Waals surface area (Å²) in [4.78, 5) is 9.34. The van der Waals surface area contributed by atoms with E-state index in [1.54, 1.807) is 30.6 Å². The van der Waals surface area contributed by atoms with Gasteiger partial charge < -0.3 is 5.32 Å². The molecule has 0 radical (unpaired) electrons. The van der Waals surface area contributed by atoms with Gasteiger partial charge in [-0.2, -0.15) is 0 Å². The molecule has 8 nitrogen and oxygen atoms in total. The van der Waals surface area contributed by atoms with Gasteiger partial charge in [0.1, 0.15) is 22.3 Å². The first-order chi connectivity index (χ1) is 14.3. The van der Waals surface area contributed by atoms with Crippen molar-refractivity contribution in [2.45, 2.75) is 31.2 Å². The van der Waals surface area contributed by atoms with Crippen LogP contribution in [0.4, 0.5) is 10.2 Å². The number of nitrogens with one attached hydrogen (secondary N) is 2. The zero-order valence-electron chi connectivity index (χ0n) is 16.3. The third-order valence-electron chi connectivity index (χ3n) is 5.13. The molecule has 11 heteroatoms. The van der Waals surface area contributed by atoms with Gasteiger partial charge in [-0.1, -0.05) is 6.42 Å². The second kappa shape index (κ2) is 8.32. The number of nitrogens with zero attached hydrogens (tertiary/aromatic N) is 4. The molecule has 0 bridgehead atoms. The summed E-state index contributed by atoms with van der Waals surface area (Å²) in [5.74, 6) is 0.322. The highest BCUT2D eigenvalue weighted by Crippen LogP contribution is 2.43. The molecule has 1 saturated carbocycles. The molecule has 0 amide bonds. The molecule has 0 aromatic carbocycles. The lowest BCUT2D eigenvalue weighted by Crippen LogP contribution is -2.42. The summed E-state index contributed by atoms with van der Waals surface area (Å²) in [6, 6.07) is 6.66. The van der Waals surface area contributed by atoms with Crippen molar-refractivity contribution in [3.63, 3.8) is 0 Å². The molecule has 1 aliphatic carbocycles. The smallest absolute Gasteiger partial charge is 0.209 e. The van der Waals surface area contributed by atoms with Gasteiger partial charge in [0.25, 0.3) is 0 Å². The number of aromatic nitrogens is 4. The molecule has 3 aromatic rings. The van der Waals surface area contributed by atoms with Crippen LogP contribution in [0.1, 0.15) is 29.8 Å². The summed E-state index contributed by atoms with van der Waals surface area (Å²) in [6.07, 6.45) is 7.16. The summed E-state index contributed by atoms with van der Waals surface area (Å²) in [5.41, 5.74) is 0.791. The molecule has 0 unspecified atom stereocenters. The summed E-state index contributed by atoms with van der Waals surface area (Å²) in [6.45, 7) is 0.725. The van der Waals surface area contributed by atoms with E-state index >= 15 is 0 Å². The fraction of sp³-hybridized carbons (Fsp3) is 0.368. The zero-order chi connectivity index (χ0) is 21.2. The molecule has 30 heavy (non-hydrogen) atoms. The normalized spacial score (nSPS) is 15.5. The molecular formula is C19H21FN6O2S2. The van der Waals surface area contributed by atoms with E-state index in [2.05, 4.69) is 30.2 Å². The molecule has 0 atom stereocenters. The number of hydrogen-bond acceptors (Lipinski definition) is 8. The minimum absolute atomic E-state index is 0.190. The van der Waals surface area contributed by atoms with Crippen molar-refractivity contribution in [3.05, 3.63) is 53.0 Å². The van der Waals surface area contributed by atoms with Crippen molar-refractivity contribution in [2.24, 2.45) is 0 Å². The van der Waals surface area contributed by atoms with Crippen LogP contribution in [-0.4, -0.2) is 41.4 Å². The van der Waals surface area contributed by atoms with E-state index in [0.29, 0.717) is 28.8 Å². The quantitative estimate of drug-likeness (QED) is 0.545. The van der Waals surface area contributed by atoms with E-state index in [-0.39, 0.29) is 17.8 Å². The third-order valence-corrected chi connectivity index (χ3v) is 6.81. The van der Waals surface area contributed by atoms with Crippen LogP contribution in [0.5, 0.6) is 0 Å². The Bertz CT molecular complexity index is 1130. The highest BCUT2D eigenvalue weighted by molar-refractivity contribution is 7.88. The van der Waals surface area contributed by atoms with Crippen LogP contribution in [0.2, 0.25) is 0 Å². The summed E-state index contributed by atoms with van der Waals surface area (Å²) in [5, 5.41) is 12.3. The molecule has 0 aliphatic heterocycles. The predicted molar refractivity (Wildman–Crippen MR) is 113 cm³/mol. The minimum Gasteiger partial charge on any atom is -0.368 e. The second-order valence-electron chi connectivity index (χ2n) is 7.35. The minimum atomic E-state index is -3.26. The largest absolute Gasteiger partial charge is 0.368 e. The molecule has 4 rings (SSSR count). The van der Waals surface area contributed by atoms with Gasteiger partial charge in [-0.15, -0.1) is 21.5 Å². The van der Waals surface area contributed by atoms with E-state index < -0.39 is 10.0 Å². The SMILES string of the molecule is CS(=O)(=O)NCc1cnc(-c2ccc(NCC3(c4ncccc4F)CCC3)nn2)s1. The fourth-order valence-electron chi connectivity index (χ4n) is 3.39. The van der Waals surface area contributed by atoms with Crippen LogP contribution in [-0.2, 0) is 22.0 Å². The van der Waals surface area contributed by atoms with Gasteiger partial charge in [0.15, 0.2) is 0 Å². The van der Waals surface area contributed by atoms with Crippen LogP contribution in [0.15, 0.2) is 36.7 Å². The summed E-state index contributed by atoms with van der Waals surface area (Å²) in [7, 11) is -3.26. The molecule has 3 aromatic heterocycles. The Hall–Kier alpha value is -2.50. The lowest BCUT2D eigenvalue weighted by molar-refractivity contribution is 0.243. The highest BCUT2D eigenvalue weighted by Gasteiger charge is 2.41. The topological polar surface area (TPSA) is 110 Å². The lowest BCUT2D eigenvalue weighted by Gasteiger charge is -2.41. The zero-order valence-corrected chi connectivity index (χ0v) is 17.9. The fourth-order valence-corrected chi connectivity index (χ4v) is 4.71. The first-order valence-electron chi connectivity index (χ1n) is 9.43. The number of rotatable bonds is 8. The summed E-state index contributed by atoms with van der Waals surface area (Å²) >= 11 is 1.35. The Morgan fingerprint density at radius 1 is 1.20 bits per heavy atom. The van der Waals surface area contributed by atoms with Crippen LogP contribution in [0, 0.1) is 5.82 Å². The van der Waals surface area contributed by atoms with E-state index in [4.69, 9.17) is 0 Å². The van der Waals surface area contributed by atoms with E-state index in [0.717, 1.165) is 30.4 Å². The van der Waals surface area contributed by atoms with Gasteiger partial charge in [-0.05, 0) is 37.1 Å². The Labute approximate surface area is 178 Å². The average molecular weight is 449 g/mol. The van der Waals surface area contributed by atoms with Gasteiger partial charge in [0.2, 0.25) is 10.0 Å². The monoisotopic (exact) mass is 448 g/mol. The lowest BCUT2D eigenvalue weighted by atomic mass is 9.66. The molecule has 1 aliphatic rings. The molecule has 1 fully saturated rings. The number of hydrogen-bond donors (Lipinski definition) is 2. The number of halogens is 1. The van der Waals surface area contributed by atoms with Crippen molar-refractivity contribution >= 4 is 27.2 Å². The van der Waals surface area contributed by atoms with E-state index in [1.165, 1.54) is 17.4 Å². The number of thiazole rings is 1. The molecule has 0 saturated heterocycles. The maximum Gasteiger partial charge on any atom is 0.209 e. The second-order valence-corrected chi connectivity index (χ2v) is 10.3. The maximum absolute atomic E-state index is 14.2. The van der Waals surface area contributed by atoms with Crippen molar-refractivity contribution < 1.29 is 12.8 Å². The summed E-state index contributed by atoms with van der Waals surface area (Å²) < 4.78 is 39.1. The number of pyridine rings is 1. The molecular weight excluding hydrogens is 427 g/mol. The van der Waals surface area contributed by atoms with Gasteiger partial charge in [0, 0.05) is 35.8 Å². The van der Waals surface area contributed by atoms with Crippen molar-refractivity contribution in [1.29, 1.82) is 0 Å². The first-order valence-corrected chi connectivity index (χ1v) is 12.1. The van der Waals surface area contributed by atoms with Crippen LogP contribution >= 0.6 is 11.3 Å². The molecule has 2 N–H and O–H groups in total. The standard InChI is InChI=1S/C19H21FN6O2S2/c1-30(27,28)24-11-13-10-22-18(29-13)15-5-6-16(26-25-15)23-12-19(7-3-8-19)17-14(20)4-2-9-21-17/h2,4-6,9-10,24H,3,7-8,11-12H2,1H3,(H,23,26). The Morgan fingerprint density at radius 3 is 2.67 bits per heavy atom. The highest BCUT2D eigenvalue weighted by atomic mass is 32.2. The van der Waals surface area contributed by atoms with Crippen LogP contribution in [0.25, 0.3) is 10.7 Å². The van der Waals surface area contributed by atoms with E-state index in [1.807, 2.05) is 0 Å². The molecule has 158 valence electrons. The number of anilines is 1. The van der Waals surface area contributed by atoms with Crippen molar-refractivity contribution in [2.75, 3.05) is 18.1 Å². The Morgan fingerprint density at radius 2 is 2.03 bits per heavy atom. The molecule has 0 spiro atoms. The van der Waals surface area contributed by atoms with Crippen molar-refractivity contribution in [1.82, 2.24) is 24.9 Å². The van der Waals surface area contributed by atoms with Gasteiger partial charge >= 0.3 is 0 Å². The van der Waals surface area contributed by atoms with Crippen LogP contribution < -0.4 is 10.0 Å². The van der Waals surface area contributed by atoms with Crippen LogP contribution in [0.3, 0.4) is 0 Å². The van der Waals surface area contributed by atoms with Gasteiger partial charge in [0.05, 0.1) is 11.9 Å². The van der Waals surface area contributed by atoms with Gasteiger partial charge in [-0.3, -0.25) is 4.98 Å². The molecule has 3 heterocycles. The number of sulfonamides is 1. The van der Waals surface area contributed by atoms with Crippen molar-refractivity contribution in [3.8, 4) is 10.7 Å². The van der Waals surface area contributed by atoms with E-state index in [9.17, 15) is 12.8 Å². The average Bonchev–Trinajstić information content (AvgIpc) is 3.16. The first kappa shape index (κ1) is 20.8.